The van der Waals surface area contributed by atoms with Gasteiger partial charge in [0, 0.05) is 16.0 Å². The summed E-state index contributed by atoms with van der Waals surface area (Å²) in [5.74, 6) is -0.135. The summed E-state index contributed by atoms with van der Waals surface area (Å²) in [6.07, 6.45) is 1.97. The minimum Gasteiger partial charge on any atom is -0.434 e. The first-order valence-corrected chi connectivity index (χ1v) is 7.24. The topological polar surface area (TPSA) is 26.3 Å². The molecule has 1 aliphatic rings. The first-order valence-electron chi connectivity index (χ1n) is 6.44. The maximum absolute atomic E-state index is 11.6. The van der Waals surface area contributed by atoms with Crippen LogP contribution in [0.2, 0.25) is 0 Å². The number of benzene rings is 2. The van der Waals surface area contributed by atoms with Crippen molar-refractivity contribution >= 4 is 27.5 Å². The summed E-state index contributed by atoms with van der Waals surface area (Å²) < 4.78 is 6.14. The SMILES string of the molecule is O=C1C[C@@H](c2ccc(Br)cc2)C(c2ccccc2)=CO1. The molecule has 20 heavy (non-hydrogen) atoms. The molecule has 0 saturated heterocycles. The van der Waals surface area contributed by atoms with Crippen LogP contribution in [0.1, 0.15) is 23.5 Å². The molecule has 0 aliphatic carbocycles. The van der Waals surface area contributed by atoms with E-state index in [9.17, 15) is 4.79 Å². The van der Waals surface area contributed by atoms with Gasteiger partial charge in [0.25, 0.3) is 0 Å². The van der Waals surface area contributed by atoms with Crippen molar-refractivity contribution in [2.75, 3.05) is 0 Å². The number of hydrogen-bond donors (Lipinski definition) is 0. The Morgan fingerprint density at radius 1 is 1.00 bits per heavy atom. The van der Waals surface area contributed by atoms with E-state index in [1.54, 1.807) is 6.26 Å². The summed E-state index contributed by atoms with van der Waals surface area (Å²) in [5.41, 5.74) is 3.26. The van der Waals surface area contributed by atoms with Gasteiger partial charge in [0.1, 0.15) is 0 Å². The molecule has 3 rings (SSSR count). The van der Waals surface area contributed by atoms with Crippen LogP contribution in [0.4, 0.5) is 0 Å². The van der Waals surface area contributed by atoms with Crippen molar-refractivity contribution < 1.29 is 9.53 Å². The molecular weight excluding hydrogens is 316 g/mol. The van der Waals surface area contributed by atoms with Crippen molar-refractivity contribution in [2.45, 2.75) is 12.3 Å². The summed E-state index contributed by atoms with van der Waals surface area (Å²) in [6.45, 7) is 0. The maximum Gasteiger partial charge on any atom is 0.311 e. The largest absolute Gasteiger partial charge is 0.434 e. The Kier molecular flexibility index (Phi) is 3.70. The minimum absolute atomic E-state index is 0.0479. The monoisotopic (exact) mass is 328 g/mol. The molecule has 0 saturated carbocycles. The molecule has 3 heteroatoms. The average Bonchev–Trinajstić information content (AvgIpc) is 2.49. The van der Waals surface area contributed by atoms with Crippen molar-refractivity contribution in [3.05, 3.63) is 76.5 Å². The molecule has 2 aromatic rings. The van der Waals surface area contributed by atoms with Gasteiger partial charge in [0.05, 0.1) is 12.7 Å². The molecule has 0 unspecified atom stereocenters. The van der Waals surface area contributed by atoms with Gasteiger partial charge in [-0.1, -0.05) is 58.4 Å². The van der Waals surface area contributed by atoms with Crippen LogP contribution in [0.5, 0.6) is 0 Å². The van der Waals surface area contributed by atoms with Crippen molar-refractivity contribution in [3.8, 4) is 0 Å². The molecule has 1 aliphatic heterocycles. The van der Waals surface area contributed by atoms with E-state index in [4.69, 9.17) is 4.74 Å². The number of cyclic esters (lactones) is 1. The number of halogens is 1. The van der Waals surface area contributed by atoms with E-state index in [0.29, 0.717) is 6.42 Å². The Balaban J connectivity index is 2.02. The fourth-order valence-electron chi connectivity index (χ4n) is 2.43. The molecule has 100 valence electrons. The van der Waals surface area contributed by atoms with Crippen molar-refractivity contribution in [1.29, 1.82) is 0 Å². The van der Waals surface area contributed by atoms with Gasteiger partial charge < -0.3 is 4.74 Å². The normalized spacial score (nSPS) is 18.4. The zero-order valence-electron chi connectivity index (χ0n) is 10.8. The Morgan fingerprint density at radius 2 is 1.70 bits per heavy atom. The number of rotatable bonds is 2. The predicted molar refractivity (Wildman–Crippen MR) is 82.0 cm³/mol. The first-order chi connectivity index (χ1) is 9.74. The molecule has 0 bridgehead atoms. The lowest BCUT2D eigenvalue weighted by molar-refractivity contribution is -0.138. The van der Waals surface area contributed by atoms with E-state index >= 15 is 0 Å². The number of carbonyl (C=O) groups excluding carboxylic acids is 1. The molecular formula is C17H13BrO2. The van der Waals surface area contributed by atoms with Crippen LogP contribution in [0.25, 0.3) is 5.57 Å². The fraction of sp³-hybridized carbons (Fsp3) is 0.118. The van der Waals surface area contributed by atoms with E-state index in [1.165, 1.54) is 0 Å². The third-order valence-corrected chi connectivity index (χ3v) is 3.97. The first kappa shape index (κ1) is 13.1. The van der Waals surface area contributed by atoms with Crippen LogP contribution in [-0.4, -0.2) is 5.97 Å². The highest BCUT2D eigenvalue weighted by atomic mass is 79.9. The number of hydrogen-bond acceptors (Lipinski definition) is 2. The van der Waals surface area contributed by atoms with E-state index in [-0.39, 0.29) is 11.9 Å². The summed E-state index contributed by atoms with van der Waals surface area (Å²) in [5, 5.41) is 0. The van der Waals surface area contributed by atoms with Crippen molar-refractivity contribution in [3.63, 3.8) is 0 Å². The number of allylic oxidation sites excluding steroid dienone is 1. The van der Waals surface area contributed by atoms with Crippen LogP contribution in [-0.2, 0) is 9.53 Å². The van der Waals surface area contributed by atoms with Gasteiger partial charge in [-0.2, -0.15) is 0 Å². The van der Waals surface area contributed by atoms with Crippen LogP contribution < -0.4 is 0 Å². The molecule has 0 amide bonds. The highest BCUT2D eigenvalue weighted by Gasteiger charge is 2.26. The quantitative estimate of drug-likeness (QED) is 0.757. The second kappa shape index (κ2) is 5.63. The summed E-state index contributed by atoms with van der Waals surface area (Å²) in [6, 6.07) is 18.1. The van der Waals surface area contributed by atoms with Gasteiger partial charge in [-0.15, -0.1) is 0 Å². The second-order valence-electron chi connectivity index (χ2n) is 4.74. The lowest BCUT2D eigenvalue weighted by atomic mass is 9.84. The number of ether oxygens (including phenoxy) is 1. The highest BCUT2D eigenvalue weighted by molar-refractivity contribution is 9.10. The Labute approximate surface area is 126 Å². The lowest BCUT2D eigenvalue weighted by Gasteiger charge is -2.24. The molecule has 0 aromatic heterocycles. The van der Waals surface area contributed by atoms with E-state index in [1.807, 2.05) is 54.6 Å². The summed E-state index contributed by atoms with van der Waals surface area (Å²) in [4.78, 5) is 11.6. The van der Waals surface area contributed by atoms with E-state index in [0.717, 1.165) is 21.2 Å². The maximum atomic E-state index is 11.6. The van der Waals surface area contributed by atoms with Crippen LogP contribution in [0.15, 0.2) is 65.3 Å². The minimum atomic E-state index is -0.183. The molecule has 1 heterocycles. The zero-order chi connectivity index (χ0) is 13.9. The van der Waals surface area contributed by atoms with Crippen LogP contribution in [0.3, 0.4) is 0 Å². The molecule has 1 atom stereocenters. The van der Waals surface area contributed by atoms with E-state index in [2.05, 4.69) is 15.9 Å². The van der Waals surface area contributed by atoms with Crippen LogP contribution in [0, 0.1) is 0 Å². The van der Waals surface area contributed by atoms with Gasteiger partial charge in [0.15, 0.2) is 0 Å². The smallest absolute Gasteiger partial charge is 0.311 e. The Bertz CT molecular complexity index is 644. The van der Waals surface area contributed by atoms with Crippen molar-refractivity contribution in [1.82, 2.24) is 0 Å². The molecule has 0 fully saturated rings. The highest BCUT2D eigenvalue weighted by Crippen LogP contribution is 2.38. The number of esters is 1. The molecule has 2 aromatic carbocycles. The Morgan fingerprint density at radius 3 is 2.40 bits per heavy atom. The summed E-state index contributed by atoms with van der Waals surface area (Å²) >= 11 is 3.44. The molecule has 0 N–H and O–H groups in total. The van der Waals surface area contributed by atoms with Crippen LogP contribution >= 0.6 is 15.9 Å². The summed E-state index contributed by atoms with van der Waals surface area (Å²) in [7, 11) is 0. The lowest BCUT2D eigenvalue weighted by Crippen LogP contribution is -2.15. The zero-order valence-corrected chi connectivity index (χ0v) is 12.3. The second-order valence-corrected chi connectivity index (χ2v) is 5.65. The van der Waals surface area contributed by atoms with Gasteiger partial charge in [-0.05, 0) is 23.3 Å². The third kappa shape index (κ3) is 2.68. The van der Waals surface area contributed by atoms with Gasteiger partial charge in [0.2, 0.25) is 0 Å². The standard InChI is InChI=1S/C17H13BrO2/c18-14-8-6-13(7-9-14)15-10-17(19)20-11-16(15)12-4-2-1-3-5-12/h1-9,11,15H,10H2/t15-/m0/s1. The van der Waals surface area contributed by atoms with Crippen molar-refractivity contribution in [2.24, 2.45) is 0 Å². The van der Waals surface area contributed by atoms with Gasteiger partial charge in [-0.25, -0.2) is 0 Å². The third-order valence-electron chi connectivity index (χ3n) is 3.44. The molecule has 0 radical (unpaired) electrons. The van der Waals surface area contributed by atoms with Gasteiger partial charge in [-0.3, -0.25) is 4.79 Å². The Hall–Kier alpha value is -1.87. The molecule has 0 spiro atoms. The van der Waals surface area contributed by atoms with Gasteiger partial charge >= 0.3 is 5.97 Å². The predicted octanol–water partition coefficient (Wildman–Crippen LogP) is 4.52. The van der Waals surface area contributed by atoms with E-state index < -0.39 is 0 Å². The number of carbonyl (C=O) groups is 1. The fourth-order valence-corrected chi connectivity index (χ4v) is 2.69. The molecule has 2 nitrogen and oxygen atoms in total. The average molecular weight is 329 g/mol.